The van der Waals surface area contributed by atoms with Crippen LogP contribution in [0.25, 0.3) is 0 Å². The maximum atomic E-state index is 12.5. The van der Waals surface area contributed by atoms with E-state index in [-0.39, 0.29) is 20.6 Å². The minimum atomic E-state index is -3.89. The molecular weight excluding hydrogens is 355 g/mol. The Morgan fingerprint density at radius 3 is 2.38 bits per heavy atom. The second-order valence-corrected chi connectivity index (χ2v) is 7.28. The van der Waals surface area contributed by atoms with E-state index in [1.807, 2.05) is 0 Å². The highest BCUT2D eigenvalue weighted by atomic mass is 35.5. The molecule has 0 fully saturated rings. The van der Waals surface area contributed by atoms with E-state index < -0.39 is 10.0 Å². The van der Waals surface area contributed by atoms with E-state index in [0.717, 1.165) is 0 Å². The summed E-state index contributed by atoms with van der Waals surface area (Å²) >= 11 is 17.7. The minimum Gasteiger partial charge on any atom is -0.398 e. The van der Waals surface area contributed by atoms with E-state index in [0.29, 0.717) is 16.3 Å². The number of halogens is 3. The van der Waals surface area contributed by atoms with Gasteiger partial charge in [-0.25, -0.2) is 8.42 Å². The van der Waals surface area contributed by atoms with Crippen molar-refractivity contribution in [2.75, 3.05) is 10.5 Å². The molecule has 0 saturated carbocycles. The molecule has 0 aromatic heterocycles. The maximum absolute atomic E-state index is 12.5. The van der Waals surface area contributed by atoms with E-state index >= 15 is 0 Å². The first-order valence-electron chi connectivity index (χ1n) is 5.74. The summed E-state index contributed by atoms with van der Waals surface area (Å²) in [7, 11) is -3.89. The molecule has 0 radical (unpaired) electrons. The Morgan fingerprint density at radius 2 is 1.71 bits per heavy atom. The zero-order valence-electron chi connectivity index (χ0n) is 10.8. The van der Waals surface area contributed by atoms with Gasteiger partial charge in [0.1, 0.15) is 0 Å². The van der Waals surface area contributed by atoms with Crippen LogP contribution in [0.4, 0.5) is 11.4 Å². The van der Waals surface area contributed by atoms with Gasteiger partial charge in [-0.3, -0.25) is 4.72 Å². The molecule has 0 bridgehead atoms. The lowest BCUT2D eigenvalue weighted by Crippen LogP contribution is -2.15. The van der Waals surface area contributed by atoms with Crippen molar-refractivity contribution in [1.29, 1.82) is 0 Å². The summed E-state index contributed by atoms with van der Waals surface area (Å²) in [5.41, 5.74) is 6.62. The highest BCUT2D eigenvalue weighted by Gasteiger charge is 2.20. The Morgan fingerprint density at radius 1 is 1.05 bits per heavy atom. The van der Waals surface area contributed by atoms with Gasteiger partial charge in [0.2, 0.25) is 0 Å². The molecule has 21 heavy (non-hydrogen) atoms. The molecule has 3 N–H and O–H groups in total. The van der Waals surface area contributed by atoms with Gasteiger partial charge in [-0.2, -0.15) is 0 Å². The van der Waals surface area contributed by atoms with Crippen molar-refractivity contribution in [2.45, 2.75) is 11.8 Å². The van der Waals surface area contributed by atoms with Gasteiger partial charge in [0.25, 0.3) is 10.0 Å². The van der Waals surface area contributed by atoms with Crippen molar-refractivity contribution in [3.05, 3.63) is 51.0 Å². The van der Waals surface area contributed by atoms with E-state index in [2.05, 4.69) is 4.72 Å². The van der Waals surface area contributed by atoms with E-state index in [9.17, 15) is 8.42 Å². The summed E-state index contributed by atoms with van der Waals surface area (Å²) in [6.45, 7) is 1.60. The molecule has 8 heteroatoms. The fourth-order valence-electron chi connectivity index (χ4n) is 1.73. The van der Waals surface area contributed by atoms with Crippen LogP contribution in [0, 0.1) is 6.92 Å². The van der Waals surface area contributed by atoms with Gasteiger partial charge in [-0.15, -0.1) is 0 Å². The van der Waals surface area contributed by atoms with Gasteiger partial charge < -0.3 is 5.73 Å². The van der Waals surface area contributed by atoms with Crippen molar-refractivity contribution in [3.63, 3.8) is 0 Å². The molecular formula is C13H11Cl3N2O2S. The number of nitrogens with two attached hydrogens (primary N) is 1. The third kappa shape index (κ3) is 3.55. The minimum absolute atomic E-state index is 0.0106. The van der Waals surface area contributed by atoms with Crippen LogP contribution < -0.4 is 10.5 Å². The topological polar surface area (TPSA) is 72.2 Å². The van der Waals surface area contributed by atoms with Gasteiger partial charge in [0, 0.05) is 15.7 Å². The number of rotatable bonds is 3. The number of anilines is 2. The summed E-state index contributed by atoms with van der Waals surface area (Å²) in [6, 6.07) is 7.30. The van der Waals surface area contributed by atoms with Gasteiger partial charge in [-0.1, -0.05) is 34.8 Å². The lowest BCUT2D eigenvalue weighted by Gasteiger charge is -2.13. The van der Waals surface area contributed by atoms with E-state index in [1.165, 1.54) is 24.3 Å². The molecule has 2 rings (SSSR count). The summed E-state index contributed by atoms with van der Waals surface area (Å²) in [5, 5.41) is 0.825. The molecule has 0 spiro atoms. The maximum Gasteiger partial charge on any atom is 0.262 e. The number of nitrogens with one attached hydrogen (secondary N) is 1. The third-order valence-electron chi connectivity index (χ3n) is 2.83. The monoisotopic (exact) mass is 364 g/mol. The van der Waals surface area contributed by atoms with Gasteiger partial charge in [-0.05, 0) is 42.8 Å². The Hall–Kier alpha value is -1.14. The first-order chi connectivity index (χ1) is 9.70. The molecule has 0 unspecified atom stereocenters. The van der Waals surface area contributed by atoms with E-state index in [1.54, 1.807) is 13.0 Å². The summed E-state index contributed by atoms with van der Waals surface area (Å²) < 4.78 is 27.3. The van der Waals surface area contributed by atoms with Crippen molar-refractivity contribution in [3.8, 4) is 0 Å². The summed E-state index contributed by atoms with van der Waals surface area (Å²) in [6.07, 6.45) is 0. The average molecular weight is 366 g/mol. The van der Waals surface area contributed by atoms with Crippen LogP contribution in [0.3, 0.4) is 0 Å². The normalized spacial score (nSPS) is 11.4. The largest absolute Gasteiger partial charge is 0.398 e. The van der Waals surface area contributed by atoms with Crippen LogP contribution >= 0.6 is 34.8 Å². The fraction of sp³-hybridized carbons (Fsp3) is 0.0769. The molecule has 0 atom stereocenters. The first-order valence-corrected chi connectivity index (χ1v) is 8.36. The zero-order valence-corrected chi connectivity index (χ0v) is 13.9. The van der Waals surface area contributed by atoms with Crippen LogP contribution in [0.1, 0.15) is 5.56 Å². The van der Waals surface area contributed by atoms with Crippen LogP contribution in [0.5, 0.6) is 0 Å². The van der Waals surface area contributed by atoms with Crippen molar-refractivity contribution < 1.29 is 8.42 Å². The fourth-order valence-corrected chi connectivity index (χ4v) is 3.78. The Bertz CT molecular complexity index is 807. The molecule has 0 heterocycles. The second kappa shape index (κ2) is 5.93. The van der Waals surface area contributed by atoms with Crippen molar-refractivity contribution in [1.82, 2.24) is 0 Å². The quantitative estimate of drug-likeness (QED) is 0.795. The number of hydrogen-bond donors (Lipinski definition) is 2. The van der Waals surface area contributed by atoms with Crippen molar-refractivity contribution in [2.24, 2.45) is 0 Å². The highest BCUT2D eigenvalue weighted by molar-refractivity contribution is 7.92. The average Bonchev–Trinajstić information content (AvgIpc) is 2.37. The van der Waals surface area contributed by atoms with Crippen LogP contribution in [0.2, 0.25) is 15.1 Å². The predicted molar refractivity (Wildman–Crippen MR) is 87.9 cm³/mol. The number of nitrogen functional groups attached to an aromatic ring is 1. The molecule has 2 aromatic carbocycles. The van der Waals surface area contributed by atoms with Crippen LogP contribution in [-0.4, -0.2) is 8.42 Å². The van der Waals surface area contributed by atoms with E-state index in [4.69, 9.17) is 40.5 Å². The SMILES string of the molecule is Cc1c(N)cc(Cl)cc1S(=O)(=O)Nc1cc(Cl)ccc1Cl. The van der Waals surface area contributed by atoms with Crippen LogP contribution in [-0.2, 0) is 10.0 Å². The smallest absolute Gasteiger partial charge is 0.262 e. The number of sulfonamides is 1. The third-order valence-corrected chi connectivity index (χ3v) is 5.10. The predicted octanol–water partition coefficient (Wildman–Crippen LogP) is 4.34. The lowest BCUT2D eigenvalue weighted by atomic mass is 10.2. The molecule has 0 aliphatic carbocycles. The standard InChI is InChI=1S/C13H11Cl3N2O2S/c1-7-11(17)4-9(15)6-13(7)21(19,20)18-12-5-8(14)2-3-10(12)16/h2-6,18H,17H2,1H3. The summed E-state index contributed by atoms with van der Waals surface area (Å²) in [4.78, 5) is -0.0106. The Balaban J connectivity index is 2.51. The molecule has 0 amide bonds. The molecule has 112 valence electrons. The highest BCUT2D eigenvalue weighted by Crippen LogP contribution is 2.31. The second-order valence-electron chi connectivity index (χ2n) is 4.35. The molecule has 0 saturated heterocycles. The molecule has 4 nitrogen and oxygen atoms in total. The number of hydrogen-bond acceptors (Lipinski definition) is 3. The van der Waals surface area contributed by atoms with Crippen LogP contribution in [0.15, 0.2) is 35.2 Å². The first kappa shape index (κ1) is 16.2. The Labute approximate surface area is 137 Å². The summed E-state index contributed by atoms with van der Waals surface area (Å²) in [5.74, 6) is 0. The molecule has 0 aliphatic heterocycles. The Kier molecular flexibility index (Phi) is 4.58. The van der Waals surface area contributed by atoms with Crippen molar-refractivity contribution >= 4 is 56.2 Å². The molecule has 0 aliphatic rings. The lowest BCUT2D eigenvalue weighted by molar-refractivity contribution is 0.600. The zero-order chi connectivity index (χ0) is 15.8. The van der Waals surface area contributed by atoms with Gasteiger partial charge >= 0.3 is 0 Å². The number of benzene rings is 2. The van der Waals surface area contributed by atoms with Gasteiger partial charge in [0.05, 0.1) is 15.6 Å². The van der Waals surface area contributed by atoms with Gasteiger partial charge in [0.15, 0.2) is 0 Å². The molecule has 2 aromatic rings.